The molecule has 95 valence electrons. The Labute approximate surface area is 113 Å². The summed E-state index contributed by atoms with van der Waals surface area (Å²) >= 11 is 0. The molecule has 0 fully saturated rings. The van der Waals surface area contributed by atoms with Crippen molar-refractivity contribution < 1.29 is 9.47 Å². The summed E-state index contributed by atoms with van der Waals surface area (Å²) in [5, 5.41) is 0. The molecule has 1 radical (unpaired) electrons. The van der Waals surface area contributed by atoms with Gasteiger partial charge < -0.3 is 9.47 Å². The third kappa shape index (κ3) is 3.75. The summed E-state index contributed by atoms with van der Waals surface area (Å²) in [6, 6.07) is 12.8. The Morgan fingerprint density at radius 2 is 1.89 bits per heavy atom. The summed E-state index contributed by atoms with van der Waals surface area (Å²) in [5.41, 5.74) is 0.700. The van der Waals surface area contributed by atoms with Gasteiger partial charge in [-0.3, -0.25) is 0 Å². The number of ether oxygens (including phenoxy) is 2. The second kappa shape index (κ2) is 6.46. The SMILES string of the molecule is C#C[CH]c1cccc(Oc2ccc(OCC)cc2)n1. The molecule has 19 heavy (non-hydrogen) atoms. The van der Waals surface area contributed by atoms with Gasteiger partial charge >= 0.3 is 0 Å². The van der Waals surface area contributed by atoms with Gasteiger partial charge in [-0.25, -0.2) is 4.98 Å². The van der Waals surface area contributed by atoms with Gasteiger partial charge in [-0.05, 0) is 37.3 Å². The highest BCUT2D eigenvalue weighted by Gasteiger charge is 2.01. The lowest BCUT2D eigenvalue weighted by Gasteiger charge is -2.07. The molecule has 1 heterocycles. The molecule has 0 bridgehead atoms. The number of benzene rings is 1. The first-order valence-electron chi connectivity index (χ1n) is 5.99. The van der Waals surface area contributed by atoms with E-state index in [-0.39, 0.29) is 0 Å². The number of hydrogen-bond acceptors (Lipinski definition) is 3. The van der Waals surface area contributed by atoms with Crippen LogP contribution in [-0.2, 0) is 0 Å². The van der Waals surface area contributed by atoms with E-state index >= 15 is 0 Å². The Bertz CT molecular complexity index is 570. The molecule has 0 amide bonds. The van der Waals surface area contributed by atoms with Gasteiger partial charge in [0, 0.05) is 6.07 Å². The molecule has 2 rings (SSSR count). The van der Waals surface area contributed by atoms with E-state index in [2.05, 4.69) is 10.9 Å². The van der Waals surface area contributed by atoms with Crippen LogP contribution in [0.25, 0.3) is 0 Å². The second-order valence-corrected chi connectivity index (χ2v) is 3.72. The minimum absolute atomic E-state index is 0.508. The van der Waals surface area contributed by atoms with E-state index in [0.717, 1.165) is 5.75 Å². The molecule has 0 atom stereocenters. The molecule has 1 aromatic heterocycles. The van der Waals surface area contributed by atoms with Crippen LogP contribution in [0.2, 0.25) is 0 Å². The van der Waals surface area contributed by atoms with Crippen LogP contribution in [0.3, 0.4) is 0 Å². The number of terminal acetylenes is 1. The molecule has 0 aliphatic carbocycles. The van der Waals surface area contributed by atoms with E-state index in [0.29, 0.717) is 23.9 Å². The molecule has 0 unspecified atom stereocenters. The van der Waals surface area contributed by atoms with E-state index in [4.69, 9.17) is 15.9 Å². The first kappa shape index (κ1) is 13.0. The van der Waals surface area contributed by atoms with Crippen molar-refractivity contribution in [1.82, 2.24) is 4.98 Å². The van der Waals surface area contributed by atoms with Gasteiger partial charge in [-0.1, -0.05) is 12.0 Å². The predicted molar refractivity (Wildman–Crippen MR) is 74.2 cm³/mol. The third-order valence-corrected chi connectivity index (χ3v) is 2.33. The van der Waals surface area contributed by atoms with E-state index < -0.39 is 0 Å². The average molecular weight is 252 g/mol. The largest absolute Gasteiger partial charge is 0.494 e. The van der Waals surface area contributed by atoms with Gasteiger partial charge in [0.25, 0.3) is 0 Å². The highest BCUT2D eigenvalue weighted by Crippen LogP contribution is 2.22. The molecule has 0 saturated heterocycles. The number of aromatic nitrogens is 1. The molecular weight excluding hydrogens is 238 g/mol. The maximum Gasteiger partial charge on any atom is 0.219 e. The number of rotatable bonds is 5. The zero-order chi connectivity index (χ0) is 13.5. The fourth-order valence-electron chi connectivity index (χ4n) is 1.54. The third-order valence-electron chi connectivity index (χ3n) is 2.33. The smallest absolute Gasteiger partial charge is 0.219 e. The van der Waals surface area contributed by atoms with Crippen molar-refractivity contribution >= 4 is 0 Å². The maximum atomic E-state index is 5.64. The molecule has 0 aliphatic rings. The maximum absolute atomic E-state index is 5.64. The van der Waals surface area contributed by atoms with Crippen LogP contribution < -0.4 is 9.47 Å². The minimum Gasteiger partial charge on any atom is -0.494 e. The van der Waals surface area contributed by atoms with E-state index in [1.807, 2.05) is 43.3 Å². The summed E-state index contributed by atoms with van der Waals surface area (Å²) in [7, 11) is 0. The first-order valence-corrected chi connectivity index (χ1v) is 5.99. The molecule has 3 heteroatoms. The molecule has 1 aromatic carbocycles. The van der Waals surface area contributed by atoms with Gasteiger partial charge in [0.1, 0.15) is 11.5 Å². The predicted octanol–water partition coefficient (Wildman–Crippen LogP) is 3.46. The lowest BCUT2D eigenvalue weighted by atomic mass is 10.3. The minimum atomic E-state index is 0.508. The van der Waals surface area contributed by atoms with Gasteiger partial charge in [-0.15, -0.1) is 6.42 Å². The highest BCUT2D eigenvalue weighted by molar-refractivity contribution is 5.34. The Hall–Kier alpha value is -2.47. The van der Waals surface area contributed by atoms with Gasteiger partial charge in [0.15, 0.2) is 0 Å². The monoisotopic (exact) mass is 252 g/mol. The Kier molecular flexibility index (Phi) is 4.41. The lowest BCUT2D eigenvalue weighted by molar-refractivity contribution is 0.339. The van der Waals surface area contributed by atoms with Crippen molar-refractivity contribution in [3.05, 3.63) is 54.6 Å². The van der Waals surface area contributed by atoms with E-state index in [1.165, 1.54) is 0 Å². The lowest BCUT2D eigenvalue weighted by Crippen LogP contribution is -1.93. The van der Waals surface area contributed by atoms with Gasteiger partial charge in [0.2, 0.25) is 5.88 Å². The molecule has 0 aliphatic heterocycles. The summed E-state index contributed by atoms with van der Waals surface area (Å²) in [6.45, 7) is 2.59. The van der Waals surface area contributed by atoms with Crippen LogP contribution >= 0.6 is 0 Å². The van der Waals surface area contributed by atoms with E-state index in [1.54, 1.807) is 12.5 Å². The van der Waals surface area contributed by atoms with Crippen LogP contribution in [0.4, 0.5) is 0 Å². The van der Waals surface area contributed by atoms with Crippen molar-refractivity contribution in [2.24, 2.45) is 0 Å². The number of pyridine rings is 1. The first-order chi connectivity index (χ1) is 9.31. The fourth-order valence-corrected chi connectivity index (χ4v) is 1.54. The standard InChI is InChI=1S/C16H14NO2/c1-3-6-13-7-5-8-16(17-13)19-15-11-9-14(10-12-15)18-4-2/h1,5-12H,4H2,2H3. The fraction of sp³-hybridized carbons (Fsp3) is 0.125. The summed E-state index contributed by atoms with van der Waals surface area (Å²) in [5.74, 6) is 4.46. The molecule has 0 saturated carbocycles. The normalized spacial score (nSPS) is 9.68. The van der Waals surface area contributed by atoms with Crippen LogP contribution in [0.5, 0.6) is 17.4 Å². The van der Waals surface area contributed by atoms with Crippen LogP contribution in [0, 0.1) is 18.8 Å². The zero-order valence-corrected chi connectivity index (χ0v) is 10.7. The van der Waals surface area contributed by atoms with Crippen molar-refractivity contribution in [2.45, 2.75) is 6.92 Å². The van der Waals surface area contributed by atoms with Crippen LogP contribution in [0.15, 0.2) is 42.5 Å². The van der Waals surface area contributed by atoms with Crippen molar-refractivity contribution in [1.29, 1.82) is 0 Å². The van der Waals surface area contributed by atoms with Crippen LogP contribution in [-0.4, -0.2) is 11.6 Å². The van der Waals surface area contributed by atoms with Crippen molar-refractivity contribution in [3.8, 4) is 29.7 Å². The summed E-state index contributed by atoms with van der Waals surface area (Å²) in [6.07, 6.45) is 6.80. The topological polar surface area (TPSA) is 31.4 Å². The summed E-state index contributed by atoms with van der Waals surface area (Å²) in [4.78, 5) is 4.27. The molecule has 2 aromatic rings. The Balaban J connectivity index is 2.08. The summed E-state index contributed by atoms with van der Waals surface area (Å²) < 4.78 is 11.0. The number of hydrogen-bond donors (Lipinski definition) is 0. The molecule has 0 spiro atoms. The molecule has 3 nitrogen and oxygen atoms in total. The zero-order valence-electron chi connectivity index (χ0n) is 10.7. The van der Waals surface area contributed by atoms with Crippen molar-refractivity contribution in [3.63, 3.8) is 0 Å². The number of nitrogens with zero attached hydrogens (tertiary/aromatic N) is 1. The average Bonchev–Trinajstić information content (AvgIpc) is 2.42. The molecular formula is C16H14NO2. The quantitative estimate of drug-likeness (QED) is 0.764. The highest BCUT2D eigenvalue weighted by atomic mass is 16.5. The Morgan fingerprint density at radius 1 is 1.16 bits per heavy atom. The van der Waals surface area contributed by atoms with Gasteiger partial charge in [-0.2, -0.15) is 0 Å². The second-order valence-electron chi connectivity index (χ2n) is 3.72. The van der Waals surface area contributed by atoms with E-state index in [9.17, 15) is 0 Å². The van der Waals surface area contributed by atoms with Crippen molar-refractivity contribution in [2.75, 3.05) is 6.61 Å². The Morgan fingerprint density at radius 3 is 2.58 bits per heavy atom. The van der Waals surface area contributed by atoms with Gasteiger partial charge in [0.05, 0.1) is 18.7 Å². The molecule has 0 N–H and O–H groups in total. The van der Waals surface area contributed by atoms with Crippen LogP contribution in [0.1, 0.15) is 12.6 Å².